The van der Waals surface area contributed by atoms with Crippen molar-refractivity contribution in [3.8, 4) is 11.5 Å². The maximum absolute atomic E-state index is 13.8. The molecular formula is C14H6B2F4O4. The van der Waals surface area contributed by atoms with Gasteiger partial charge in [0.05, 0.1) is 11.1 Å². The smallest absolute Gasteiger partial charge is 0.569 e. The maximum atomic E-state index is 13.8. The molecule has 0 bridgehead atoms. The Hall–Kier alpha value is -2.77. The topological polar surface area (TPSA) is 41.1 Å². The molecule has 3 aromatic rings. The minimum absolute atomic E-state index is 0.125. The van der Waals surface area contributed by atoms with Gasteiger partial charge in [0.15, 0.2) is 0 Å². The molecule has 0 atom stereocenters. The number of hydrogen-bond acceptors (Lipinski definition) is 2. The molecule has 3 aromatic carbocycles. The minimum atomic E-state index is -4.57. The lowest BCUT2D eigenvalue weighted by molar-refractivity contribution is 0.386. The first-order valence-electron chi connectivity index (χ1n) is 7.12. The SMILES string of the molecule is F[B-]1(F)Oc2c3ccccc3c3c4c(ccc(c24)=[O+]1)O[B-](F)(F)[O+]=3. The first-order chi connectivity index (χ1) is 11.3. The van der Waals surface area contributed by atoms with Gasteiger partial charge in [0.2, 0.25) is 0 Å². The van der Waals surface area contributed by atoms with Crippen molar-refractivity contribution in [3.05, 3.63) is 55.9 Å². The molecule has 5 rings (SSSR count). The van der Waals surface area contributed by atoms with E-state index in [2.05, 4.69) is 9.00 Å². The maximum Gasteiger partial charge on any atom is 0.995 e. The van der Waals surface area contributed by atoms with Crippen molar-refractivity contribution >= 4 is 35.8 Å². The van der Waals surface area contributed by atoms with Crippen molar-refractivity contribution in [1.82, 2.24) is 0 Å². The fraction of sp³-hybridized carbons (Fsp3) is 0. The van der Waals surface area contributed by atoms with Crippen LogP contribution in [0.1, 0.15) is 0 Å². The number of benzene rings is 3. The number of halogens is 4. The molecule has 0 radical (unpaired) electrons. The number of rotatable bonds is 0. The molecule has 2 aliphatic rings. The second kappa shape index (κ2) is 4.00. The molecule has 120 valence electrons. The second-order valence-corrected chi connectivity index (χ2v) is 5.56. The lowest BCUT2D eigenvalue weighted by atomic mass is 9.96. The van der Waals surface area contributed by atoms with Gasteiger partial charge >= 0.3 is 14.2 Å². The Labute approximate surface area is 130 Å². The van der Waals surface area contributed by atoms with Gasteiger partial charge < -0.3 is 35.3 Å². The third-order valence-corrected chi connectivity index (χ3v) is 4.04. The Bertz CT molecular complexity index is 1180. The first kappa shape index (κ1) is 13.6. The standard InChI is InChI=1S/C14H6B2F4O4/c17-15(18)21-9-5-6-10-12-11(9)13(23-15)7-3-1-2-4-8(7)14(12)24-16(19,20)22-10/h1-6H. The molecule has 0 saturated carbocycles. The van der Waals surface area contributed by atoms with Crippen molar-refractivity contribution in [1.29, 1.82) is 0 Å². The summed E-state index contributed by atoms with van der Waals surface area (Å²) in [6, 6.07) is 8.50. The molecule has 10 heteroatoms. The van der Waals surface area contributed by atoms with Gasteiger partial charge in [-0.15, -0.1) is 0 Å². The lowest BCUT2D eigenvalue weighted by Crippen LogP contribution is -2.40. The van der Waals surface area contributed by atoms with Crippen molar-refractivity contribution in [2.24, 2.45) is 0 Å². The van der Waals surface area contributed by atoms with Crippen molar-refractivity contribution < 1.29 is 26.6 Å². The zero-order chi connectivity index (χ0) is 16.7. The van der Waals surface area contributed by atoms with Crippen LogP contribution < -0.4 is 20.2 Å². The summed E-state index contributed by atoms with van der Waals surface area (Å²) in [5.74, 6) is -0.306. The van der Waals surface area contributed by atoms with Crippen LogP contribution in [0.15, 0.2) is 45.1 Å². The molecule has 0 spiro atoms. The van der Waals surface area contributed by atoms with Crippen LogP contribution >= 0.6 is 0 Å². The van der Waals surface area contributed by atoms with Crippen LogP contribution in [-0.4, -0.2) is 14.2 Å². The molecule has 0 fully saturated rings. The summed E-state index contributed by atoms with van der Waals surface area (Å²) in [7, 11) is -9.13. The van der Waals surface area contributed by atoms with E-state index in [1.54, 1.807) is 12.1 Å². The Morgan fingerprint density at radius 1 is 0.750 bits per heavy atom. The molecule has 0 aromatic heterocycles. The third kappa shape index (κ3) is 1.70. The second-order valence-electron chi connectivity index (χ2n) is 5.56. The normalized spacial score (nSPS) is 19.2. The highest BCUT2D eigenvalue weighted by atomic mass is 19.3. The van der Waals surface area contributed by atoms with Gasteiger partial charge in [-0.2, -0.15) is 0 Å². The zero-order valence-electron chi connectivity index (χ0n) is 11.8. The van der Waals surface area contributed by atoms with E-state index >= 15 is 0 Å². The van der Waals surface area contributed by atoms with Crippen LogP contribution in [0, 0.1) is 0 Å². The van der Waals surface area contributed by atoms with E-state index in [9.17, 15) is 17.3 Å². The van der Waals surface area contributed by atoms with Gasteiger partial charge in [0, 0.05) is 11.5 Å². The van der Waals surface area contributed by atoms with E-state index in [1.165, 1.54) is 12.1 Å². The molecule has 0 unspecified atom stereocenters. The molecule has 0 amide bonds. The van der Waals surface area contributed by atoms with Crippen LogP contribution in [0.2, 0.25) is 0 Å². The minimum Gasteiger partial charge on any atom is -0.569 e. The summed E-state index contributed by atoms with van der Waals surface area (Å²) in [4.78, 5) is 0. The van der Waals surface area contributed by atoms with Gasteiger partial charge in [-0.05, 0) is 12.1 Å². The van der Waals surface area contributed by atoms with E-state index in [1.807, 2.05) is 0 Å². The predicted octanol–water partition coefficient (Wildman–Crippen LogP) is 2.76. The fourth-order valence-corrected chi connectivity index (χ4v) is 3.22. The average molecular weight is 336 g/mol. The summed E-state index contributed by atoms with van der Waals surface area (Å²) in [6.45, 7) is 0. The largest absolute Gasteiger partial charge is 0.995 e. The molecule has 0 aliphatic carbocycles. The average Bonchev–Trinajstić information content (AvgIpc) is 2.51. The van der Waals surface area contributed by atoms with Gasteiger partial charge in [0.1, 0.15) is 16.5 Å². The van der Waals surface area contributed by atoms with Gasteiger partial charge in [0.25, 0.3) is 10.9 Å². The van der Waals surface area contributed by atoms with Crippen molar-refractivity contribution in [2.45, 2.75) is 0 Å². The molecule has 4 nitrogen and oxygen atoms in total. The first-order valence-corrected chi connectivity index (χ1v) is 7.12. The van der Waals surface area contributed by atoms with Gasteiger partial charge in [-0.3, -0.25) is 0 Å². The highest BCUT2D eigenvalue weighted by Crippen LogP contribution is 2.39. The van der Waals surface area contributed by atoms with E-state index in [0.717, 1.165) is 12.1 Å². The van der Waals surface area contributed by atoms with E-state index in [-0.39, 0.29) is 43.9 Å². The van der Waals surface area contributed by atoms with Crippen LogP contribution in [0.3, 0.4) is 0 Å². The monoisotopic (exact) mass is 336 g/mol. The molecule has 2 aliphatic heterocycles. The summed E-state index contributed by atoms with van der Waals surface area (Å²) in [5.41, 5.74) is -0.306. The number of fused-ring (bicyclic) bond motifs is 3. The van der Waals surface area contributed by atoms with Crippen LogP contribution in [-0.2, 0) is 0 Å². The summed E-state index contributed by atoms with van der Waals surface area (Å²) < 4.78 is 73.9. The predicted molar refractivity (Wildman–Crippen MR) is 82.4 cm³/mol. The summed E-state index contributed by atoms with van der Waals surface area (Å²) in [6.07, 6.45) is 0. The van der Waals surface area contributed by atoms with E-state index in [0.29, 0.717) is 0 Å². The molecule has 0 N–H and O–H groups in total. The Morgan fingerprint density at radius 2 is 1.46 bits per heavy atom. The Kier molecular flexibility index (Phi) is 2.28. The van der Waals surface area contributed by atoms with E-state index in [4.69, 9.17) is 9.00 Å². The lowest BCUT2D eigenvalue weighted by Gasteiger charge is -2.23. The highest BCUT2D eigenvalue weighted by Gasteiger charge is 2.55. The molecular weight excluding hydrogens is 330 g/mol. The van der Waals surface area contributed by atoms with Crippen LogP contribution in [0.5, 0.6) is 11.5 Å². The summed E-state index contributed by atoms with van der Waals surface area (Å²) in [5, 5.41) is 0.717. The Balaban J connectivity index is 2.16. The number of hydrogen-bond donors (Lipinski definition) is 0. The van der Waals surface area contributed by atoms with Crippen LogP contribution in [0.25, 0.3) is 21.5 Å². The molecule has 2 heterocycles. The quantitative estimate of drug-likeness (QED) is 0.274. The fourth-order valence-electron chi connectivity index (χ4n) is 3.22. The Morgan fingerprint density at radius 3 is 2.25 bits per heavy atom. The zero-order valence-corrected chi connectivity index (χ0v) is 11.8. The van der Waals surface area contributed by atoms with Crippen molar-refractivity contribution in [2.75, 3.05) is 0 Å². The van der Waals surface area contributed by atoms with E-state index < -0.39 is 14.2 Å². The van der Waals surface area contributed by atoms with Crippen molar-refractivity contribution in [3.63, 3.8) is 0 Å². The van der Waals surface area contributed by atoms with Gasteiger partial charge in [-0.1, -0.05) is 18.2 Å². The molecule has 0 saturated heterocycles. The molecule has 24 heavy (non-hydrogen) atoms. The van der Waals surface area contributed by atoms with Crippen LogP contribution in [0.4, 0.5) is 17.3 Å². The van der Waals surface area contributed by atoms with Gasteiger partial charge in [-0.25, -0.2) is 0 Å². The summed E-state index contributed by atoms with van der Waals surface area (Å²) >= 11 is 0. The third-order valence-electron chi connectivity index (χ3n) is 4.04. The highest BCUT2D eigenvalue weighted by molar-refractivity contribution is 6.64.